The molecule has 0 aliphatic heterocycles. The van der Waals surface area contributed by atoms with Crippen LogP contribution in [0, 0.1) is 0 Å². The van der Waals surface area contributed by atoms with Crippen molar-refractivity contribution in [3.8, 4) is 22.6 Å². The molecule has 4 aromatic rings. The summed E-state index contributed by atoms with van der Waals surface area (Å²) in [5.74, 6) is 1.49. The second kappa shape index (κ2) is 7.58. The Balaban J connectivity index is 1.90. The molecule has 3 heterocycles. The minimum atomic E-state index is -0.893. The van der Waals surface area contributed by atoms with E-state index >= 15 is 0 Å². The van der Waals surface area contributed by atoms with E-state index in [2.05, 4.69) is 25.5 Å². The van der Waals surface area contributed by atoms with Gasteiger partial charge in [0.05, 0.1) is 24.8 Å². The molecule has 0 saturated carbocycles. The minimum absolute atomic E-state index is 0.307. The van der Waals surface area contributed by atoms with Crippen LogP contribution in [0.1, 0.15) is 13.8 Å². The van der Waals surface area contributed by atoms with Crippen molar-refractivity contribution in [1.82, 2.24) is 24.6 Å². The quantitative estimate of drug-likeness (QED) is 0.482. The molecule has 0 aliphatic rings. The highest BCUT2D eigenvalue weighted by Gasteiger charge is 2.19. The van der Waals surface area contributed by atoms with E-state index in [0.717, 1.165) is 10.9 Å². The van der Waals surface area contributed by atoms with E-state index in [1.165, 1.54) is 0 Å². The summed E-state index contributed by atoms with van der Waals surface area (Å²) in [6.45, 7) is 3.72. The lowest BCUT2D eigenvalue weighted by molar-refractivity contribution is 0.0943. The SMILES string of the molecule is COc1cc(OC)c(Cl)c(-c2cc3cnc(NCC(C)(C)O)nc3n3cnnc23)c1. The lowest BCUT2D eigenvalue weighted by atomic mass is 10.0. The third kappa shape index (κ3) is 3.69. The zero-order valence-electron chi connectivity index (χ0n) is 17.0. The summed E-state index contributed by atoms with van der Waals surface area (Å²) in [4.78, 5) is 8.93. The first-order chi connectivity index (χ1) is 14.3. The molecule has 2 N–H and O–H groups in total. The van der Waals surface area contributed by atoms with E-state index < -0.39 is 5.60 Å². The number of pyridine rings is 1. The van der Waals surface area contributed by atoms with E-state index in [0.29, 0.717) is 45.9 Å². The molecule has 0 unspecified atom stereocenters. The van der Waals surface area contributed by atoms with E-state index in [4.69, 9.17) is 21.1 Å². The summed E-state index contributed by atoms with van der Waals surface area (Å²) in [5.41, 5.74) is 1.74. The van der Waals surface area contributed by atoms with Crippen LogP contribution in [0.3, 0.4) is 0 Å². The first-order valence-corrected chi connectivity index (χ1v) is 9.56. The van der Waals surface area contributed by atoms with Crippen molar-refractivity contribution in [1.29, 1.82) is 0 Å². The molecule has 9 nitrogen and oxygen atoms in total. The van der Waals surface area contributed by atoms with Gasteiger partial charge in [-0.3, -0.25) is 4.40 Å². The number of aliphatic hydroxyl groups is 1. The molecule has 156 valence electrons. The van der Waals surface area contributed by atoms with Crippen LogP contribution in [-0.4, -0.2) is 56.0 Å². The fraction of sp³-hybridized carbons (Fsp3) is 0.300. The Labute approximate surface area is 177 Å². The van der Waals surface area contributed by atoms with Crippen LogP contribution < -0.4 is 14.8 Å². The first-order valence-electron chi connectivity index (χ1n) is 9.18. The molecular formula is C20H21ClN6O3. The van der Waals surface area contributed by atoms with Crippen LogP contribution in [0.2, 0.25) is 5.02 Å². The molecule has 0 amide bonds. The number of rotatable bonds is 6. The van der Waals surface area contributed by atoms with Gasteiger partial charge in [0.2, 0.25) is 5.95 Å². The number of fused-ring (bicyclic) bond motifs is 3. The summed E-state index contributed by atoms with van der Waals surface area (Å²) in [5, 5.41) is 22.5. The summed E-state index contributed by atoms with van der Waals surface area (Å²) in [6.07, 6.45) is 3.28. The molecule has 0 fully saturated rings. The van der Waals surface area contributed by atoms with Gasteiger partial charge in [-0.1, -0.05) is 11.6 Å². The molecule has 3 aromatic heterocycles. The van der Waals surface area contributed by atoms with Crippen LogP contribution in [0.15, 0.2) is 30.7 Å². The highest BCUT2D eigenvalue weighted by molar-refractivity contribution is 6.35. The lowest BCUT2D eigenvalue weighted by Gasteiger charge is -2.17. The fourth-order valence-corrected chi connectivity index (χ4v) is 3.37. The van der Waals surface area contributed by atoms with Gasteiger partial charge in [-0.2, -0.15) is 4.98 Å². The van der Waals surface area contributed by atoms with E-state index in [9.17, 15) is 5.11 Å². The lowest BCUT2D eigenvalue weighted by Crippen LogP contribution is -2.29. The van der Waals surface area contributed by atoms with Gasteiger partial charge >= 0.3 is 0 Å². The maximum Gasteiger partial charge on any atom is 0.224 e. The van der Waals surface area contributed by atoms with Crippen molar-refractivity contribution in [2.75, 3.05) is 26.1 Å². The number of benzene rings is 1. The maximum atomic E-state index is 9.93. The fourth-order valence-electron chi connectivity index (χ4n) is 3.08. The molecule has 30 heavy (non-hydrogen) atoms. The Hall–Kier alpha value is -3.17. The average molecular weight is 429 g/mol. The number of anilines is 1. The van der Waals surface area contributed by atoms with Gasteiger partial charge in [-0.25, -0.2) is 4.98 Å². The van der Waals surface area contributed by atoms with E-state index in [1.807, 2.05) is 12.1 Å². The Morgan fingerprint density at radius 1 is 1.13 bits per heavy atom. The smallest absolute Gasteiger partial charge is 0.224 e. The topological polar surface area (TPSA) is 107 Å². The Morgan fingerprint density at radius 2 is 1.93 bits per heavy atom. The van der Waals surface area contributed by atoms with Gasteiger partial charge in [0.1, 0.15) is 17.8 Å². The van der Waals surface area contributed by atoms with Crippen LogP contribution in [-0.2, 0) is 0 Å². The van der Waals surface area contributed by atoms with Crippen LogP contribution in [0.4, 0.5) is 5.95 Å². The molecule has 0 spiro atoms. The Morgan fingerprint density at radius 3 is 2.63 bits per heavy atom. The second-order valence-corrected chi connectivity index (χ2v) is 7.79. The zero-order chi connectivity index (χ0) is 21.5. The predicted molar refractivity (Wildman–Crippen MR) is 114 cm³/mol. The monoisotopic (exact) mass is 428 g/mol. The van der Waals surface area contributed by atoms with Crippen LogP contribution in [0.25, 0.3) is 27.8 Å². The third-order valence-corrected chi connectivity index (χ3v) is 4.94. The maximum absolute atomic E-state index is 9.93. The summed E-state index contributed by atoms with van der Waals surface area (Å²) >= 11 is 6.60. The average Bonchev–Trinajstić information content (AvgIpc) is 3.21. The first kappa shape index (κ1) is 20.1. The number of nitrogens with one attached hydrogen (secondary N) is 1. The molecule has 4 rings (SSSR count). The summed E-state index contributed by atoms with van der Waals surface area (Å²) < 4.78 is 12.6. The largest absolute Gasteiger partial charge is 0.497 e. The zero-order valence-corrected chi connectivity index (χ0v) is 17.7. The highest BCUT2D eigenvalue weighted by Crippen LogP contribution is 2.41. The van der Waals surface area contributed by atoms with Crippen molar-refractivity contribution in [2.24, 2.45) is 0 Å². The van der Waals surface area contributed by atoms with Crippen molar-refractivity contribution >= 4 is 34.2 Å². The van der Waals surface area contributed by atoms with Gasteiger partial charge < -0.3 is 19.9 Å². The van der Waals surface area contributed by atoms with Gasteiger partial charge in [0.15, 0.2) is 11.3 Å². The number of halogens is 1. The van der Waals surface area contributed by atoms with Crippen molar-refractivity contribution in [2.45, 2.75) is 19.4 Å². The number of hydrogen-bond acceptors (Lipinski definition) is 8. The molecule has 0 atom stereocenters. The molecule has 0 aliphatic carbocycles. The van der Waals surface area contributed by atoms with Crippen molar-refractivity contribution in [3.05, 3.63) is 35.7 Å². The highest BCUT2D eigenvalue weighted by atomic mass is 35.5. The van der Waals surface area contributed by atoms with Crippen LogP contribution in [0.5, 0.6) is 11.5 Å². The van der Waals surface area contributed by atoms with Gasteiger partial charge in [-0.05, 0) is 26.0 Å². The molecule has 1 aromatic carbocycles. The summed E-state index contributed by atoms with van der Waals surface area (Å²) in [7, 11) is 3.13. The Kier molecular flexibility index (Phi) is 5.08. The Bertz CT molecular complexity index is 1230. The number of methoxy groups -OCH3 is 2. The molecular weight excluding hydrogens is 408 g/mol. The van der Waals surface area contributed by atoms with Gasteiger partial charge in [-0.15, -0.1) is 10.2 Å². The molecule has 0 saturated heterocycles. The third-order valence-electron chi connectivity index (χ3n) is 4.55. The van der Waals surface area contributed by atoms with E-state index in [1.54, 1.807) is 51.1 Å². The number of aromatic nitrogens is 5. The molecule has 0 radical (unpaired) electrons. The van der Waals surface area contributed by atoms with Crippen LogP contribution >= 0.6 is 11.6 Å². The summed E-state index contributed by atoms with van der Waals surface area (Å²) in [6, 6.07) is 5.44. The predicted octanol–water partition coefficient (Wildman–Crippen LogP) is 3.19. The minimum Gasteiger partial charge on any atom is -0.497 e. The van der Waals surface area contributed by atoms with Crippen molar-refractivity contribution in [3.63, 3.8) is 0 Å². The number of nitrogens with zero attached hydrogens (tertiary/aromatic N) is 5. The number of hydrogen-bond donors (Lipinski definition) is 2. The molecule has 10 heteroatoms. The van der Waals surface area contributed by atoms with Gasteiger partial charge in [0.25, 0.3) is 0 Å². The normalized spacial score (nSPS) is 11.8. The number of ether oxygens (including phenoxy) is 2. The van der Waals surface area contributed by atoms with Gasteiger partial charge in [0, 0.05) is 35.3 Å². The molecule has 0 bridgehead atoms. The standard InChI is InChI=1S/C20H21ClN6O3/c1-20(2,28)9-23-19-22-8-11-5-14(18-26-24-10-27(18)17(11)25-19)13-6-12(29-3)7-15(30-4)16(13)21/h5-8,10,28H,9H2,1-4H3,(H,22,23,25). The second-order valence-electron chi connectivity index (χ2n) is 7.41. The van der Waals surface area contributed by atoms with E-state index in [-0.39, 0.29) is 0 Å². The van der Waals surface area contributed by atoms with Crippen molar-refractivity contribution < 1.29 is 14.6 Å².